The molecule has 0 atom stereocenters. The summed E-state index contributed by atoms with van der Waals surface area (Å²) < 4.78 is 0. The number of rotatable bonds is 5. The maximum atomic E-state index is 9.39. The predicted molar refractivity (Wildman–Crippen MR) is 57.2 cm³/mol. The number of aliphatic carboxylic acids is 2. The Kier molecular flexibility index (Phi) is 11.8. The van der Waals surface area contributed by atoms with Crippen molar-refractivity contribution in [3.8, 4) is 0 Å². The van der Waals surface area contributed by atoms with Crippen molar-refractivity contribution >= 4 is 19.9 Å². The molecule has 4 nitrogen and oxygen atoms in total. The first kappa shape index (κ1) is 15.8. The lowest BCUT2D eigenvalue weighted by Gasteiger charge is -1.98. The Bertz CT molecular complexity index is 149. The third-order valence-corrected chi connectivity index (χ3v) is 4.80. The van der Waals surface area contributed by atoms with Crippen molar-refractivity contribution in [1.82, 2.24) is 0 Å². The molecule has 14 heavy (non-hydrogen) atoms. The number of carboxylic acids is 2. The summed E-state index contributed by atoms with van der Waals surface area (Å²) in [4.78, 5) is 18.7. The second-order valence-corrected chi connectivity index (χ2v) is 6.37. The van der Waals surface area contributed by atoms with Crippen molar-refractivity contribution < 1.29 is 19.8 Å². The third-order valence-electron chi connectivity index (χ3n) is 1.80. The standard InChI is InChI=1S/C6H15P.C3H4O4/c1-4-7(5-2)6-3;4-2(5)1-3(6)7/h4-6H2,1-3H3;1H2,(H,4,5)(H,6,7). The molecule has 1 N–H and O–H groups in total. The fourth-order valence-electron chi connectivity index (χ4n) is 0.873. The highest BCUT2D eigenvalue weighted by Gasteiger charge is 2.03. The van der Waals surface area contributed by atoms with Gasteiger partial charge in [-0.15, -0.1) is 0 Å². The molecule has 0 amide bonds. The van der Waals surface area contributed by atoms with E-state index in [9.17, 15) is 14.7 Å². The Balaban J connectivity index is 0. The second-order valence-electron chi connectivity index (χ2n) is 2.75. The van der Waals surface area contributed by atoms with E-state index in [-0.39, 0.29) is 7.92 Å². The van der Waals surface area contributed by atoms with Crippen molar-refractivity contribution in [1.29, 1.82) is 0 Å². The average molecular weight is 222 g/mol. The Morgan fingerprint density at radius 3 is 1.50 bits per heavy atom. The highest BCUT2D eigenvalue weighted by Crippen LogP contribution is 2.32. The van der Waals surface area contributed by atoms with Gasteiger partial charge in [-0.25, -0.2) is 0 Å². The highest BCUT2D eigenvalue weighted by molar-refractivity contribution is 7.57. The average Bonchev–Trinajstić information content (AvgIpc) is 2.06. The molecule has 0 radical (unpaired) electrons. The molecule has 0 aliphatic heterocycles. The van der Waals surface area contributed by atoms with Gasteiger partial charge in [-0.1, -0.05) is 0 Å². The van der Waals surface area contributed by atoms with Gasteiger partial charge in [-0.05, 0) is 28.7 Å². The number of carboxylic acid groups (broad SMARTS) is 2. The topological polar surface area (TPSA) is 77.4 Å². The zero-order valence-electron chi connectivity index (χ0n) is 9.00. The van der Waals surface area contributed by atoms with Crippen LogP contribution in [0.25, 0.3) is 0 Å². The van der Waals surface area contributed by atoms with E-state index >= 15 is 0 Å². The molecule has 0 spiro atoms. The zero-order chi connectivity index (χ0) is 11.6. The van der Waals surface area contributed by atoms with Gasteiger partial charge in [-0.2, -0.15) is 0 Å². The van der Waals surface area contributed by atoms with Crippen molar-refractivity contribution in [3.63, 3.8) is 0 Å². The van der Waals surface area contributed by atoms with Crippen LogP contribution in [0.15, 0.2) is 0 Å². The summed E-state index contributed by atoms with van der Waals surface area (Å²) in [6, 6.07) is 0. The first-order chi connectivity index (χ1) is 6.47. The smallest absolute Gasteiger partial charge is 0.309 e. The number of hydrogen-bond donors (Lipinski definition) is 1. The molecule has 0 saturated carbocycles. The van der Waals surface area contributed by atoms with Crippen LogP contribution < -0.4 is 5.11 Å². The fraction of sp³-hybridized carbons (Fsp3) is 0.778. The molecule has 0 aliphatic carbocycles. The molecule has 0 fully saturated rings. The minimum atomic E-state index is -1.56. The lowest BCUT2D eigenvalue weighted by Crippen LogP contribution is -2.24. The van der Waals surface area contributed by atoms with Crippen molar-refractivity contribution in [2.24, 2.45) is 0 Å². The van der Waals surface area contributed by atoms with Crippen LogP contribution in [0.5, 0.6) is 0 Å². The largest absolute Gasteiger partial charge is 0.550 e. The van der Waals surface area contributed by atoms with Gasteiger partial charge in [0.2, 0.25) is 0 Å². The van der Waals surface area contributed by atoms with E-state index in [2.05, 4.69) is 20.8 Å². The number of carbonyl (C=O) groups is 2. The van der Waals surface area contributed by atoms with Gasteiger partial charge in [0, 0.05) is 0 Å². The molecule has 0 aromatic carbocycles. The summed E-state index contributed by atoms with van der Waals surface area (Å²) in [6.45, 7) is 6.92. The highest BCUT2D eigenvalue weighted by atomic mass is 31.1. The predicted octanol–water partition coefficient (Wildman–Crippen LogP) is 0.471. The van der Waals surface area contributed by atoms with Crippen LogP contribution >= 0.6 is 7.92 Å². The first-order valence-electron chi connectivity index (χ1n) is 4.73. The Hall–Kier alpha value is -0.630. The summed E-state index contributed by atoms with van der Waals surface area (Å²) in [7, 11) is 0.137. The van der Waals surface area contributed by atoms with Crippen molar-refractivity contribution in [3.05, 3.63) is 0 Å². The van der Waals surface area contributed by atoms with E-state index in [1.54, 1.807) is 0 Å². The molecule has 0 saturated heterocycles. The normalized spacial score (nSPS) is 9.14. The second kappa shape index (κ2) is 10.5. The van der Waals surface area contributed by atoms with Gasteiger partial charge in [0.05, 0.1) is 30.9 Å². The minimum absolute atomic E-state index is 0.137. The molecular weight excluding hydrogens is 203 g/mol. The summed E-state index contributed by atoms with van der Waals surface area (Å²) in [5.41, 5.74) is 0. The third kappa shape index (κ3) is 13.9. The number of hydrogen-bond acceptors (Lipinski definition) is 3. The minimum Gasteiger partial charge on any atom is -0.550 e. The van der Waals surface area contributed by atoms with Crippen LogP contribution in [0.2, 0.25) is 0 Å². The van der Waals surface area contributed by atoms with Crippen LogP contribution in [0.3, 0.4) is 0 Å². The van der Waals surface area contributed by atoms with E-state index in [1.165, 1.54) is 18.5 Å². The SMILES string of the molecule is CC[PH+](CC)CC.O=C([O-])CC(=O)O. The van der Waals surface area contributed by atoms with Gasteiger partial charge in [0.1, 0.15) is 0 Å². The van der Waals surface area contributed by atoms with Gasteiger partial charge in [0.25, 0.3) is 0 Å². The zero-order valence-corrected chi connectivity index (χ0v) is 10.0. The summed E-state index contributed by atoms with van der Waals surface area (Å²) in [5.74, 6) is -2.94. The molecule has 5 heteroatoms. The Morgan fingerprint density at radius 1 is 1.14 bits per heavy atom. The van der Waals surface area contributed by atoms with Gasteiger partial charge in [-0.3, -0.25) is 4.79 Å². The molecule has 0 heterocycles. The van der Waals surface area contributed by atoms with Gasteiger partial charge >= 0.3 is 5.97 Å². The number of carbonyl (C=O) groups excluding carboxylic acids is 1. The van der Waals surface area contributed by atoms with E-state index in [0.717, 1.165) is 0 Å². The van der Waals surface area contributed by atoms with Gasteiger partial charge < -0.3 is 15.0 Å². The van der Waals surface area contributed by atoms with Crippen molar-refractivity contribution in [2.45, 2.75) is 27.2 Å². The van der Waals surface area contributed by atoms with Crippen LogP contribution in [-0.2, 0) is 9.59 Å². The molecule has 0 aromatic heterocycles. The lowest BCUT2D eigenvalue weighted by atomic mass is 10.5. The maximum Gasteiger partial charge on any atom is 0.309 e. The van der Waals surface area contributed by atoms with Crippen LogP contribution in [0, 0.1) is 0 Å². The molecule has 0 aromatic rings. The van der Waals surface area contributed by atoms with E-state index in [0.29, 0.717) is 0 Å². The van der Waals surface area contributed by atoms with Crippen LogP contribution in [0.4, 0.5) is 0 Å². The molecular formula is C9H19O4P. The van der Waals surface area contributed by atoms with Crippen LogP contribution in [-0.4, -0.2) is 35.5 Å². The van der Waals surface area contributed by atoms with E-state index in [1.807, 2.05) is 0 Å². The van der Waals surface area contributed by atoms with E-state index < -0.39 is 18.4 Å². The molecule has 0 unspecified atom stereocenters. The Morgan fingerprint density at radius 2 is 1.50 bits per heavy atom. The Labute approximate surface area is 86.1 Å². The summed E-state index contributed by atoms with van der Waals surface area (Å²) >= 11 is 0. The monoisotopic (exact) mass is 222 g/mol. The first-order valence-corrected chi connectivity index (χ1v) is 6.85. The summed E-state index contributed by atoms with van der Waals surface area (Å²) in [5, 5.41) is 17.0. The molecule has 0 aliphatic rings. The molecule has 0 bridgehead atoms. The van der Waals surface area contributed by atoms with E-state index in [4.69, 9.17) is 5.11 Å². The molecule has 0 rings (SSSR count). The lowest BCUT2D eigenvalue weighted by molar-refractivity contribution is -0.305. The van der Waals surface area contributed by atoms with Crippen molar-refractivity contribution in [2.75, 3.05) is 18.5 Å². The maximum absolute atomic E-state index is 9.39. The quantitative estimate of drug-likeness (QED) is 0.542. The summed E-state index contributed by atoms with van der Waals surface area (Å²) in [6.07, 6.45) is 3.45. The van der Waals surface area contributed by atoms with Crippen LogP contribution in [0.1, 0.15) is 27.2 Å². The molecule has 84 valence electrons. The van der Waals surface area contributed by atoms with Gasteiger partial charge in [0.15, 0.2) is 0 Å². The fourth-order valence-corrected chi connectivity index (χ4v) is 2.37.